The predicted octanol–water partition coefficient (Wildman–Crippen LogP) is 2.47. The van der Waals surface area contributed by atoms with E-state index >= 15 is 0 Å². The molecule has 2 rings (SSSR count). The molecule has 0 aliphatic heterocycles. The van der Waals surface area contributed by atoms with E-state index in [0.717, 1.165) is 5.56 Å². The normalized spacial score (nSPS) is 11.6. The maximum absolute atomic E-state index is 12.1. The molecule has 0 saturated heterocycles. The lowest BCUT2D eigenvalue weighted by molar-refractivity contribution is -0.608. The van der Waals surface area contributed by atoms with Gasteiger partial charge in [0.15, 0.2) is 12.3 Å². The van der Waals surface area contributed by atoms with Gasteiger partial charge in [0.05, 0.1) is 0 Å². The van der Waals surface area contributed by atoms with E-state index in [1.54, 1.807) is 18.2 Å². The summed E-state index contributed by atoms with van der Waals surface area (Å²) in [5.74, 6) is -1.39. The Morgan fingerprint density at radius 3 is 2.74 bits per heavy atom. The molecule has 0 aliphatic rings. The zero-order valence-electron chi connectivity index (χ0n) is 12.6. The summed E-state index contributed by atoms with van der Waals surface area (Å²) in [6, 6.07) is 9.41. The molecule has 7 heteroatoms. The van der Waals surface area contributed by atoms with Crippen LogP contribution in [0.25, 0.3) is 0 Å². The average Bonchev–Trinajstić information content (AvgIpc) is 2.51. The van der Waals surface area contributed by atoms with E-state index in [9.17, 15) is 14.8 Å². The summed E-state index contributed by atoms with van der Waals surface area (Å²) < 4.78 is 5.40. The van der Waals surface area contributed by atoms with Gasteiger partial charge in [0, 0.05) is 22.8 Å². The van der Waals surface area contributed by atoms with Gasteiger partial charge < -0.3 is 15.3 Å². The standard InChI is InChI=1S/C16H15ClN2O4/c1-10-6-7-12(17)9-13(10)18-15(20)11(2)23-16(21)14-5-3-4-8-19(14)22/h3-9,11H,1-2H3,(H,18,20)/t11-/m0/s1. The number of nitrogens with zero attached hydrogens (tertiary/aromatic N) is 1. The number of carbonyl (C=O) groups is 2. The van der Waals surface area contributed by atoms with E-state index in [1.165, 1.54) is 31.3 Å². The number of ether oxygens (including phenoxy) is 1. The Hall–Kier alpha value is -2.60. The first kappa shape index (κ1) is 16.8. The number of rotatable bonds is 4. The van der Waals surface area contributed by atoms with Crippen molar-refractivity contribution in [3.63, 3.8) is 0 Å². The Balaban J connectivity index is 2.04. The number of hydrogen-bond donors (Lipinski definition) is 1. The van der Waals surface area contributed by atoms with Gasteiger partial charge >= 0.3 is 11.7 Å². The lowest BCUT2D eigenvalue weighted by atomic mass is 10.2. The summed E-state index contributed by atoms with van der Waals surface area (Å²) >= 11 is 5.89. The van der Waals surface area contributed by atoms with E-state index in [1.807, 2.05) is 6.92 Å². The maximum Gasteiger partial charge on any atom is 0.405 e. The first-order valence-electron chi connectivity index (χ1n) is 6.84. The zero-order valence-corrected chi connectivity index (χ0v) is 13.3. The molecule has 1 N–H and O–H groups in total. The molecule has 1 amide bonds. The Labute approximate surface area is 138 Å². The average molecular weight is 335 g/mol. The molecule has 1 atom stereocenters. The van der Waals surface area contributed by atoms with Crippen LogP contribution in [0, 0.1) is 12.1 Å². The number of hydrogen-bond acceptors (Lipinski definition) is 4. The minimum Gasteiger partial charge on any atom is -0.618 e. The van der Waals surface area contributed by atoms with Crippen molar-refractivity contribution >= 4 is 29.2 Å². The zero-order chi connectivity index (χ0) is 17.0. The number of esters is 1. The van der Waals surface area contributed by atoms with E-state index in [-0.39, 0.29) is 5.69 Å². The maximum atomic E-state index is 12.1. The van der Waals surface area contributed by atoms with Crippen molar-refractivity contribution < 1.29 is 19.1 Å². The summed E-state index contributed by atoms with van der Waals surface area (Å²) in [5.41, 5.74) is 1.16. The Morgan fingerprint density at radius 2 is 2.04 bits per heavy atom. The fourth-order valence-corrected chi connectivity index (χ4v) is 2.00. The highest BCUT2D eigenvalue weighted by Gasteiger charge is 2.24. The first-order valence-corrected chi connectivity index (χ1v) is 7.22. The van der Waals surface area contributed by atoms with E-state index in [2.05, 4.69) is 5.32 Å². The van der Waals surface area contributed by atoms with Crippen LogP contribution >= 0.6 is 11.6 Å². The van der Waals surface area contributed by atoms with E-state index < -0.39 is 18.0 Å². The van der Waals surface area contributed by atoms with Crippen molar-refractivity contribution in [1.29, 1.82) is 0 Å². The molecule has 0 unspecified atom stereocenters. The fraction of sp³-hybridized carbons (Fsp3) is 0.188. The second-order valence-electron chi connectivity index (χ2n) is 4.91. The molecule has 2 aromatic rings. The molecule has 0 saturated carbocycles. The van der Waals surface area contributed by atoms with Crippen LogP contribution in [-0.2, 0) is 9.53 Å². The molecule has 120 valence electrons. The van der Waals surface area contributed by atoms with Gasteiger partial charge in [-0.1, -0.05) is 17.7 Å². The van der Waals surface area contributed by atoms with Crippen molar-refractivity contribution in [3.05, 3.63) is 64.1 Å². The number of aryl methyl sites for hydroxylation is 1. The second kappa shape index (κ2) is 7.11. The highest BCUT2D eigenvalue weighted by atomic mass is 35.5. The van der Waals surface area contributed by atoms with Crippen molar-refractivity contribution in [2.75, 3.05) is 5.32 Å². The molecule has 1 aromatic carbocycles. The van der Waals surface area contributed by atoms with Crippen molar-refractivity contribution in [1.82, 2.24) is 0 Å². The Kier molecular flexibility index (Phi) is 5.18. The molecule has 0 spiro atoms. The van der Waals surface area contributed by atoms with Gasteiger partial charge in [-0.2, -0.15) is 4.73 Å². The molecule has 23 heavy (non-hydrogen) atoms. The molecule has 0 radical (unpaired) electrons. The SMILES string of the molecule is Cc1ccc(Cl)cc1NC(=O)[C@H](C)OC(=O)c1cccc[n+]1[O-]. The molecule has 0 aliphatic carbocycles. The van der Waals surface area contributed by atoms with Crippen LogP contribution in [0.3, 0.4) is 0 Å². The van der Waals surface area contributed by atoms with Gasteiger partial charge in [-0.25, -0.2) is 4.79 Å². The summed E-state index contributed by atoms with van der Waals surface area (Å²) in [7, 11) is 0. The molecular formula is C16H15ClN2O4. The van der Waals surface area contributed by atoms with Gasteiger partial charge in [0.1, 0.15) is 0 Å². The highest BCUT2D eigenvalue weighted by molar-refractivity contribution is 6.31. The number of halogens is 1. The first-order chi connectivity index (χ1) is 10.9. The largest absolute Gasteiger partial charge is 0.618 e. The van der Waals surface area contributed by atoms with Crippen molar-refractivity contribution in [2.24, 2.45) is 0 Å². The van der Waals surface area contributed by atoms with Crippen LogP contribution in [0.1, 0.15) is 23.0 Å². The lowest BCUT2D eigenvalue weighted by Crippen LogP contribution is -2.37. The van der Waals surface area contributed by atoms with Gasteiger partial charge in [-0.05, 0) is 37.6 Å². The summed E-state index contributed by atoms with van der Waals surface area (Å²) in [6.45, 7) is 3.23. The third-order valence-electron chi connectivity index (χ3n) is 3.14. The number of benzene rings is 1. The van der Waals surface area contributed by atoms with Crippen LogP contribution in [0.2, 0.25) is 5.02 Å². The quantitative estimate of drug-likeness (QED) is 0.529. The highest BCUT2D eigenvalue weighted by Crippen LogP contribution is 2.20. The summed E-state index contributed by atoms with van der Waals surface area (Å²) in [6.07, 6.45) is 0.109. The number of aromatic nitrogens is 1. The third kappa shape index (κ3) is 4.20. The van der Waals surface area contributed by atoms with Gasteiger partial charge in [0.25, 0.3) is 5.91 Å². The van der Waals surface area contributed by atoms with Gasteiger partial charge in [0.2, 0.25) is 0 Å². The molecule has 0 bridgehead atoms. The third-order valence-corrected chi connectivity index (χ3v) is 3.38. The lowest BCUT2D eigenvalue weighted by Gasteiger charge is -2.14. The number of pyridine rings is 1. The minimum absolute atomic E-state index is 0.189. The topological polar surface area (TPSA) is 82.3 Å². The Bertz CT molecular complexity index is 749. The van der Waals surface area contributed by atoms with Crippen LogP contribution in [0.4, 0.5) is 5.69 Å². The number of amides is 1. The van der Waals surface area contributed by atoms with Crippen LogP contribution in [0.15, 0.2) is 42.6 Å². The van der Waals surface area contributed by atoms with Crippen LogP contribution in [-0.4, -0.2) is 18.0 Å². The molecule has 1 heterocycles. The summed E-state index contributed by atoms with van der Waals surface area (Å²) in [4.78, 5) is 24.0. The van der Waals surface area contributed by atoms with Crippen molar-refractivity contribution in [2.45, 2.75) is 20.0 Å². The van der Waals surface area contributed by atoms with E-state index in [4.69, 9.17) is 16.3 Å². The van der Waals surface area contributed by atoms with Gasteiger partial charge in [-0.15, -0.1) is 0 Å². The minimum atomic E-state index is -1.07. The molecular weight excluding hydrogens is 320 g/mol. The number of carbonyl (C=O) groups excluding carboxylic acids is 2. The molecule has 0 fully saturated rings. The second-order valence-corrected chi connectivity index (χ2v) is 5.34. The fourth-order valence-electron chi connectivity index (χ4n) is 1.82. The van der Waals surface area contributed by atoms with Gasteiger partial charge in [-0.3, -0.25) is 4.79 Å². The monoisotopic (exact) mass is 334 g/mol. The number of nitrogens with one attached hydrogen (secondary N) is 1. The van der Waals surface area contributed by atoms with Crippen LogP contribution < -0.4 is 10.0 Å². The smallest absolute Gasteiger partial charge is 0.405 e. The van der Waals surface area contributed by atoms with E-state index in [0.29, 0.717) is 15.4 Å². The number of anilines is 1. The molecule has 6 nitrogen and oxygen atoms in total. The predicted molar refractivity (Wildman–Crippen MR) is 85.1 cm³/mol. The summed E-state index contributed by atoms with van der Waals surface area (Å²) in [5, 5.41) is 14.6. The van der Waals surface area contributed by atoms with Crippen molar-refractivity contribution in [3.8, 4) is 0 Å². The Morgan fingerprint density at radius 1 is 1.30 bits per heavy atom. The molecule has 1 aromatic heterocycles. The van der Waals surface area contributed by atoms with Crippen LogP contribution in [0.5, 0.6) is 0 Å².